The first-order valence-electron chi connectivity index (χ1n) is 8.95. The monoisotopic (exact) mass is 289 g/mol. The van der Waals surface area contributed by atoms with Crippen LogP contribution in [0.4, 0.5) is 5.95 Å². The van der Waals surface area contributed by atoms with E-state index < -0.39 is 0 Å². The van der Waals surface area contributed by atoms with Crippen LogP contribution in [0.25, 0.3) is 0 Å². The van der Waals surface area contributed by atoms with Crippen molar-refractivity contribution >= 4 is 5.95 Å². The highest BCUT2D eigenvalue weighted by Gasteiger charge is 2.35. The van der Waals surface area contributed by atoms with Gasteiger partial charge in [-0.05, 0) is 43.4 Å². The smallest absolute Gasteiger partial charge is 0.203 e. The van der Waals surface area contributed by atoms with Crippen molar-refractivity contribution in [2.75, 3.05) is 5.32 Å². The minimum absolute atomic E-state index is 0.515. The molecule has 0 aliphatic heterocycles. The molecule has 2 aliphatic rings. The number of hydrogen-bond donors (Lipinski definition) is 1. The Morgan fingerprint density at radius 2 is 1.95 bits per heavy atom. The van der Waals surface area contributed by atoms with E-state index in [0.717, 1.165) is 18.4 Å². The molecular formula is C18H31N3. The Balaban J connectivity index is 1.69. The number of nitrogens with one attached hydrogen (secondary N) is 1. The Kier molecular flexibility index (Phi) is 4.56. The number of imidazole rings is 1. The van der Waals surface area contributed by atoms with Crippen LogP contribution in [-0.4, -0.2) is 15.6 Å². The van der Waals surface area contributed by atoms with Crippen molar-refractivity contribution in [1.82, 2.24) is 9.55 Å². The van der Waals surface area contributed by atoms with Gasteiger partial charge in [0.2, 0.25) is 5.95 Å². The molecule has 0 aromatic carbocycles. The maximum atomic E-state index is 4.58. The molecule has 1 aromatic heterocycles. The largest absolute Gasteiger partial charge is 0.353 e. The van der Waals surface area contributed by atoms with E-state index in [1.807, 2.05) is 6.20 Å². The van der Waals surface area contributed by atoms with E-state index in [1.54, 1.807) is 0 Å². The van der Waals surface area contributed by atoms with Gasteiger partial charge in [0, 0.05) is 25.0 Å². The molecular weight excluding hydrogens is 258 g/mol. The van der Waals surface area contributed by atoms with Crippen LogP contribution in [0.5, 0.6) is 0 Å². The summed E-state index contributed by atoms with van der Waals surface area (Å²) in [6, 6.07) is 0.649. The predicted octanol–water partition coefficient (Wildman–Crippen LogP) is 4.84. The molecule has 0 spiro atoms. The van der Waals surface area contributed by atoms with Gasteiger partial charge >= 0.3 is 0 Å². The highest BCUT2D eigenvalue weighted by atomic mass is 15.2. The second kappa shape index (κ2) is 6.41. The maximum absolute atomic E-state index is 4.58. The van der Waals surface area contributed by atoms with Gasteiger partial charge in [0.05, 0.1) is 0 Å². The molecule has 0 radical (unpaired) electrons. The second-order valence-electron chi connectivity index (χ2n) is 7.81. The molecule has 21 heavy (non-hydrogen) atoms. The first-order chi connectivity index (χ1) is 10.2. The summed E-state index contributed by atoms with van der Waals surface area (Å²) in [6.07, 6.45) is 16.5. The lowest BCUT2D eigenvalue weighted by Gasteiger charge is -2.32. The third kappa shape index (κ3) is 3.61. The van der Waals surface area contributed by atoms with Gasteiger partial charge in [0.15, 0.2) is 0 Å². The lowest BCUT2D eigenvalue weighted by molar-refractivity contribution is 0.198. The Morgan fingerprint density at radius 1 is 1.24 bits per heavy atom. The molecule has 0 saturated heterocycles. The Morgan fingerprint density at radius 3 is 2.62 bits per heavy atom. The molecule has 1 aromatic rings. The number of hydrogen-bond acceptors (Lipinski definition) is 2. The summed E-state index contributed by atoms with van der Waals surface area (Å²) < 4.78 is 2.39. The molecule has 3 heteroatoms. The zero-order valence-electron chi connectivity index (χ0n) is 13.8. The topological polar surface area (TPSA) is 29.9 Å². The highest BCUT2D eigenvalue weighted by molar-refractivity contribution is 5.28. The van der Waals surface area contributed by atoms with Crippen LogP contribution in [0.15, 0.2) is 12.4 Å². The fraction of sp³-hybridized carbons (Fsp3) is 0.833. The van der Waals surface area contributed by atoms with Crippen molar-refractivity contribution in [3.05, 3.63) is 12.4 Å². The van der Waals surface area contributed by atoms with Crippen molar-refractivity contribution in [2.24, 2.45) is 11.3 Å². The first-order valence-corrected chi connectivity index (χ1v) is 8.95. The minimum atomic E-state index is 0.515. The summed E-state index contributed by atoms with van der Waals surface area (Å²) in [5.41, 5.74) is 0.515. The van der Waals surface area contributed by atoms with Crippen molar-refractivity contribution in [3.8, 4) is 0 Å². The molecule has 0 bridgehead atoms. The van der Waals surface area contributed by atoms with Crippen LogP contribution < -0.4 is 5.32 Å². The lowest BCUT2D eigenvalue weighted by atomic mass is 9.78. The minimum Gasteiger partial charge on any atom is -0.353 e. The van der Waals surface area contributed by atoms with Crippen LogP contribution in [0, 0.1) is 11.3 Å². The zero-order valence-corrected chi connectivity index (χ0v) is 13.8. The average Bonchev–Trinajstić information content (AvgIpc) is 3.14. The van der Waals surface area contributed by atoms with Gasteiger partial charge in [-0.15, -0.1) is 0 Å². The van der Waals surface area contributed by atoms with Gasteiger partial charge in [-0.2, -0.15) is 0 Å². The maximum Gasteiger partial charge on any atom is 0.203 e. The summed E-state index contributed by atoms with van der Waals surface area (Å²) in [5, 5.41) is 3.69. The number of aromatic nitrogens is 2. The van der Waals surface area contributed by atoms with Gasteiger partial charge in [-0.1, -0.05) is 39.5 Å². The molecule has 2 aliphatic carbocycles. The third-order valence-electron chi connectivity index (χ3n) is 5.42. The number of rotatable bonds is 6. The summed E-state index contributed by atoms with van der Waals surface area (Å²) in [6.45, 7) is 5.89. The predicted molar refractivity (Wildman–Crippen MR) is 88.5 cm³/mol. The van der Waals surface area contributed by atoms with Crippen molar-refractivity contribution in [1.29, 1.82) is 0 Å². The molecule has 2 saturated carbocycles. The summed E-state index contributed by atoms with van der Waals surface area (Å²) >= 11 is 0. The Hall–Kier alpha value is -0.990. The lowest BCUT2D eigenvalue weighted by Crippen LogP contribution is -2.27. The van der Waals surface area contributed by atoms with Crippen molar-refractivity contribution < 1.29 is 0 Å². The zero-order chi connectivity index (χ0) is 14.7. The van der Waals surface area contributed by atoms with Gasteiger partial charge in [0.25, 0.3) is 0 Å². The van der Waals surface area contributed by atoms with Crippen LogP contribution in [0.1, 0.15) is 71.6 Å². The fourth-order valence-electron chi connectivity index (χ4n) is 4.61. The molecule has 1 N–H and O–H groups in total. The van der Waals surface area contributed by atoms with E-state index in [-0.39, 0.29) is 0 Å². The van der Waals surface area contributed by atoms with Crippen LogP contribution in [0.2, 0.25) is 0 Å². The van der Waals surface area contributed by atoms with Gasteiger partial charge in [-0.3, -0.25) is 0 Å². The van der Waals surface area contributed by atoms with E-state index in [0.29, 0.717) is 11.5 Å². The van der Waals surface area contributed by atoms with Crippen LogP contribution in [-0.2, 0) is 6.54 Å². The summed E-state index contributed by atoms with van der Waals surface area (Å²) in [5.74, 6) is 1.90. The van der Waals surface area contributed by atoms with E-state index in [4.69, 9.17) is 0 Å². The van der Waals surface area contributed by atoms with E-state index in [1.165, 1.54) is 57.8 Å². The third-order valence-corrected chi connectivity index (χ3v) is 5.42. The van der Waals surface area contributed by atoms with E-state index >= 15 is 0 Å². The van der Waals surface area contributed by atoms with Crippen LogP contribution >= 0.6 is 0 Å². The van der Waals surface area contributed by atoms with E-state index in [2.05, 4.69) is 34.9 Å². The standard InChI is InChI=1S/C18H31N3/c1-15(2)13-18(9-5-6-10-18)14-21-12-11-19-17(21)20-16-7-3-4-8-16/h11-12,15-16H,3-10,13-14H2,1-2H3,(H,19,20). The number of nitrogens with zero attached hydrogens (tertiary/aromatic N) is 2. The molecule has 0 unspecified atom stereocenters. The normalized spacial score (nSPS) is 22.2. The molecule has 3 nitrogen and oxygen atoms in total. The fourth-order valence-corrected chi connectivity index (χ4v) is 4.61. The molecule has 118 valence electrons. The Bertz CT molecular complexity index is 437. The first kappa shape index (κ1) is 14.9. The van der Waals surface area contributed by atoms with Gasteiger partial charge in [-0.25, -0.2) is 4.98 Å². The average molecular weight is 289 g/mol. The summed E-state index contributed by atoms with van der Waals surface area (Å²) in [7, 11) is 0. The van der Waals surface area contributed by atoms with E-state index in [9.17, 15) is 0 Å². The highest BCUT2D eigenvalue weighted by Crippen LogP contribution is 2.45. The molecule has 1 heterocycles. The van der Waals surface area contributed by atoms with Crippen molar-refractivity contribution in [2.45, 2.75) is 84.2 Å². The molecule has 0 atom stereocenters. The molecule has 0 amide bonds. The molecule has 3 rings (SSSR count). The van der Waals surface area contributed by atoms with Crippen LogP contribution in [0.3, 0.4) is 0 Å². The summed E-state index contributed by atoms with van der Waals surface area (Å²) in [4.78, 5) is 4.58. The van der Waals surface area contributed by atoms with Gasteiger partial charge in [0.1, 0.15) is 0 Å². The van der Waals surface area contributed by atoms with Gasteiger partial charge < -0.3 is 9.88 Å². The SMILES string of the molecule is CC(C)CC1(Cn2ccnc2NC2CCCC2)CCCC1. The molecule has 2 fully saturated rings. The quantitative estimate of drug-likeness (QED) is 0.811. The second-order valence-corrected chi connectivity index (χ2v) is 7.81. The Labute approximate surface area is 129 Å². The number of anilines is 1. The van der Waals surface area contributed by atoms with Crippen molar-refractivity contribution in [3.63, 3.8) is 0 Å².